The number of carbonyl (C=O) groups is 1. The first-order valence-electron chi connectivity index (χ1n) is 11.2. The lowest BCUT2D eigenvalue weighted by atomic mass is 9.92. The Kier molecular flexibility index (Phi) is 6.04. The fourth-order valence-electron chi connectivity index (χ4n) is 4.53. The van der Waals surface area contributed by atoms with Crippen molar-refractivity contribution in [2.75, 3.05) is 11.9 Å². The average Bonchev–Trinajstić information content (AvgIpc) is 3.25. The molecule has 0 radical (unpaired) electrons. The Morgan fingerprint density at radius 2 is 1.76 bits per heavy atom. The molecule has 0 amide bonds. The summed E-state index contributed by atoms with van der Waals surface area (Å²) in [5.41, 5.74) is 3.48. The van der Waals surface area contributed by atoms with Gasteiger partial charge in [-0.15, -0.1) is 0 Å². The number of furan rings is 1. The molecule has 7 nitrogen and oxygen atoms in total. The van der Waals surface area contributed by atoms with Crippen LogP contribution in [0.3, 0.4) is 0 Å². The van der Waals surface area contributed by atoms with Crippen LogP contribution >= 0.6 is 0 Å². The molecular weight excluding hydrogens is 418 g/mol. The second-order valence-corrected chi connectivity index (χ2v) is 8.28. The van der Waals surface area contributed by atoms with Crippen molar-refractivity contribution in [2.24, 2.45) is 0 Å². The number of hydrogen-bond donors (Lipinski definition) is 2. The van der Waals surface area contributed by atoms with E-state index < -0.39 is 5.97 Å². The molecule has 2 N–H and O–H groups in total. The lowest BCUT2D eigenvalue weighted by Gasteiger charge is -2.29. The third-order valence-corrected chi connectivity index (χ3v) is 6.00. The van der Waals surface area contributed by atoms with E-state index in [0.29, 0.717) is 11.5 Å². The van der Waals surface area contributed by atoms with Crippen molar-refractivity contribution in [3.63, 3.8) is 0 Å². The van der Waals surface area contributed by atoms with Gasteiger partial charge in [-0.2, -0.15) is 0 Å². The lowest BCUT2D eigenvalue weighted by molar-refractivity contribution is -0.145. The minimum Gasteiger partial charge on any atom is -0.480 e. The van der Waals surface area contributed by atoms with E-state index in [4.69, 9.17) is 14.3 Å². The quantitative estimate of drug-likeness (QED) is 0.396. The van der Waals surface area contributed by atoms with E-state index in [1.807, 2.05) is 48.5 Å². The molecule has 33 heavy (non-hydrogen) atoms. The summed E-state index contributed by atoms with van der Waals surface area (Å²) in [5.74, 6) is 0.530. The molecule has 7 heteroatoms. The topological polar surface area (TPSA) is 97.5 Å². The lowest BCUT2D eigenvalue weighted by Crippen LogP contribution is -2.33. The largest absolute Gasteiger partial charge is 0.480 e. The number of aromatic nitrogens is 2. The van der Waals surface area contributed by atoms with E-state index in [2.05, 4.69) is 27.4 Å². The van der Waals surface area contributed by atoms with Gasteiger partial charge in [-0.3, -0.25) is 0 Å². The van der Waals surface area contributed by atoms with Crippen LogP contribution in [-0.2, 0) is 9.53 Å². The van der Waals surface area contributed by atoms with Crippen molar-refractivity contribution in [2.45, 2.75) is 37.8 Å². The van der Waals surface area contributed by atoms with Crippen LogP contribution in [0, 0.1) is 0 Å². The molecule has 0 bridgehead atoms. The van der Waals surface area contributed by atoms with Gasteiger partial charge in [-0.05, 0) is 31.2 Å². The molecule has 0 spiro atoms. The molecule has 1 saturated carbocycles. The smallest absolute Gasteiger partial charge is 0.329 e. The Morgan fingerprint density at radius 3 is 2.48 bits per heavy atom. The summed E-state index contributed by atoms with van der Waals surface area (Å²) >= 11 is 0. The van der Waals surface area contributed by atoms with Crippen molar-refractivity contribution in [3.8, 4) is 22.5 Å². The van der Waals surface area contributed by atoms with Crippen molar-refractivity contribution >= 4 is 22.9 Å². The van der Waals surface area contributed by atoms with E-state index in [1.54, 1.807) is 0 Å². The average molecular weight is 444 g/mol. The third kappa shape index (κ3) is 4.59. The molecule has 0 saturated heterocycles. The molecule has 5 rings (SSSR count). The summed E-state index contributed by atoms with van der Waals surface area (Å²) in [6.45, 7) is -0.268. The first kappa shape index (κ1) is 21.2. The molecular formula is C26H25N3O4. The second-order valence-electron chi connectivity index (χ2n) is 8.28. The number of hydrogen-bond acceptors (Lipinski definition) is 6. The van der Waals surface area contributed by atoms with Gasteiger partial charge in [-0.25, -0.2) is 14.8 Å². The Labute approximate surface area is 191 Å². The highest BCUT2D eigenvalue weighted by molar-refractivity contribution is 6.05. The van der Waals surface area contributed by atoms with Crippen LogP contribution in [-0.4, -0.2) is 39.8 Å². The van der Waals surface area contributed by atoms with E-state index in [1.165, 1.54) is 6.33 Å². The van der Waals surface area contributed by atoms with Crippen LogP contribution in [0.25, 0.3) is 33.6 Å². The van der Waals surface area contributed by atoms with Crippen LogP contribution in [0.1, 0.15) is 25.7 Å². The van der Waals surface area contributed by atoms with Gasteiger partial charge in [0.2, 0.25) is 5.71 Å². The number of benzene rings is 2. The Morgan fingerprint density at radius 1 is 1.03 bits per heavy atom. The van der Waals surface area contributed by atoms with Crippen molar-refractivity contribution in [3.05, 3.63) is 67.0 Å². The highest BCUT2D eigenvalue weighted by atomic mass is 16.5. The molecule has 4 aromatic rings. The number of carboxylic acids is 1. The van der Waals surface area contributed by atoms with E-state index in [0.717, 1.165) is 53.5 Å². The zero-order valence-electron chi connectivity index (χ0n) is 18.1. The normalized spacial score (nSPS) is 18.3. The van der Waals surface area contributed by atoms with E-state index >= 15 is 0 Å². The Bertz CT molecular complexity index is 1240. The van der Waals surface area contributed by atoms with Gasteiger partial charge < -0.3 is 19.6 Å². The molecule has 2 aromatic carbocycles. The number of carboxylic acid groups (broad SMARTS) is 1. The van der Waals surface area contributed by atoms with E-state index in [-0.39, 0.29) is 18.8 Å². The van der Waals surface area contributed by atoms with Crippen LogP contribution in [0.15, 0.2) is 71.4 Å². The summed E-state index contributed by atoms with van der Waals surface area (Å²) in [7, 11) is 0. The highest BCUT2D eigenvalue weighted by Crippen LogP contribution is 2.42. The molecule has 1 aliphatic rings. The number of nitrogens with zero attached hydrogens (tertiary/aromatic N) is 2. The van der Waals surface area contributed by atoms with Crippen LogP contribution in [0.2, 0.25) is 0 Å². The second kappa shape index (κ2) is 9.42. The molecule has 1 fully saturated rings. The fraction of sp³-hybridized carbons (Fsp3) is 0.269. The molecule has 2 heterocycles. The van der Waals surface area contributed by atoms with Gasteiger partial charge in [-0.1, -0.05) is 60.7 Å². The number of rotatable bonds is 7. The van der Waals surface area contributed by atoms with Gasteiger partial charge in [0.15, 0.2) is 0 Å². The van der Waals surface area contributed by atoms with Crippen LogP contribution in [0.5, 0.6) is 0 Å². The predicted molar refractivity (Wildman–Crippen MR) is 126 cm³/mol. The van der Waals surface area contributed by atoms with Gasteiger partial charge in [0, 0.05) is 17.2 Å². The standard InChI is InChI=1S/C26H25N3O4/c30-21(31)15-32-20-13-7-12-19(14-20)29-25-23-22(17-8-3-1-4-9-17)24(18-10-5-2-6-11-18)33-26(23)28-16-27-25/h1-6,8-11,16,19-20H,7,12-15H2,(H,30,31)(H,27,28,29)/t19-,20-/m0/s1. The minimum absolute atomic E-state index is 0.0810. The maximum atomic E-state index is 10.9. The SMILES string of the molecule is O=C(O)CO[C@H]1CCC[C@H](Nc2ncnc3oc(-c4ccccc4)c(-c4ccccc4)c23)C1. The zero-order chi connectivity index (χ0) is 22.6. The molecule has 0 aliphatic heterocycles. The number of nitrogens with one attached hydrogen (secondary N) is 1. The summed E-state index contributed by atoms with van der Waals surface area (Å²) in [5, 5.41) is 13.4. The van der Waals surface area contributed by atoms with Crippen molar-refractivity contribution in [1.82, 2.24) is 9.97 Å². The summed E-state index contributed by atoms with van der Waals surface area (Å²) in [6.07, 6.45) is 4.94. The summed E-state index contributed by atoms with van der Waals surface area (Å²) < 4.78 is 11.8. The number of anilines is 1. The number of fused-ring (bicyclic) bond motifs is 1. The Hall–Kier alpha value is -3.71. The van der Waals surface area contributed by atoms with Crippen molar-refractivity contribution < 1.29 is 19.1 Å². The van der Waals surface area contributed by atoms with Crippen molar-refractivity contribution in [1.29, 1.82) is 0 Å². The molecule has 2 atom stereocenters. The third-order valence-electron chi connectivity index (χ3n) is 6.00. The summed E-state index contributed by atoms with van der Waals surface area (Å²) in [6, 6.07) is 20.2. The first-order valence-corrected chi connectivity index (χ1v) is 11.2. The fourth-order valence-corrected chi connectivity index (χ4v) is 4.53. The predicted octanol–water partition coefficient (Wildman–Crippen LogP) is 5.38. The van der Waals surface area contributed by atoms with Gasteiger partial charge in [0.25, 0.3) is 0 Å². The zero-order valence-corrected chi connectivity index (χ0v) is 18.1. The number of ether oxygens (including phenoxy) is 1. The number of aliphatic carboxylic acids is 1. The molecule has 0 unspecified atom stereocenters. The molecule has 2 aromatic heterocycles. The van der Waals surface area contributed by atoms with Gasteiger partial charge >= 0.3 is 5.97 Å². The maximum Gasteiger partial charge on any atom is 0.329 e. The highest BCUT2D eigenvalue weighted by Gasteiger charge is 2.26. The van der Waals surface area contributed by atoms with Gasteiger partial charge in [0.05, 0.1) is 11.5 Å². The molecule has 1 aliphatic carbocycles. The van der Waals surface area contributed by atoms with Crippen LogP contribution < -0.4 is 5.32 Å². The van der Waals surface area contributed by atoms with Gasteiger partial charge in [0.1, 0.15) is 24.5 Å². The monoisotopic (exact) mass is 443 g/mol. The minimum atomic E-state index is -0.943. The Balaban J connectivity index is 1.54. The maximum absolute atomic E-state index is 10.9. The summed E-state index contributed by atoms with van der Waals surface area (Å²) in [4.78, 5) is 19.9. The molecule has 168 valence electrons. The van der Waals surface area contributed by atoms with E-state index in [9.17, 15) is 4.79 Å². The van der Waals surface area contributed by atoms with Crippen LogP contribution in [0.4, 0.5) is 5.82 Å². The first-order chi connectivity index (χ1) is 16.2.